The standard InChI is InChI=1S/C12H22F3N3/c1-4-11(10-16,17-2)6-5-8-18(3)9-7-12(13,14)15/h17H,4-9H2,1-3H3. The first kappa shape index (κ1) is 17.2. The van der Waals surface area contributed by atoms with E-state index in [1.165, 1.54) is 0 Å². The summed E-state index contributed by atoms with van der Waals surface area (Å²) in [6, 6.07) is 2.24. The molecule has 0 aromatic carbocycles. The van der Waals surface area contributed by atoms with Crippen LogP contribution in [-0.4, -0.2) is 43.8 Å². The zero-order valence-electron chi connectivity index (χ0n) is 11.3. The fourth-order valence-corrected chi connectivity index (χ4v) is 1.75. The maximum Gasteiger partial charge on any atom is 0.390 e. The Morgan fingerprint density at radius 1 is 1.22 bits per heavy atom. The summed E-state index contributed by atoms with van der Waals surface area (Å²) < 4.78 is 36.0. The molecule has 0 aliphatic rings. The predicted molar refractivity (Wildman–Crippen MR) is 65.1 cm³/mol. The molecule has 0 amide bonds. The molecule has 106 valence electrons. The second-order valence-corrected chi connectivity index (χ2v) is 4.57. The summed E-state index contributed by atoms with van der Waals surface area (Å²) in [6.07, 6.45) is -2.85. The van der Waals surface area contributed by atoms with Gasteiger partial charge in [-0.1, -0.05) is 6.92 Å². The molecule has 0 rings (SSSR count). The van der Waals surface area contributed by atoms with Crippen molar-refractivity contribution < 1.29 is 13.2 Å². The average Bonchev–Trinajstić information content (AvgIpc) is 2.32. The van der Waals surface area contributed by atoms with E-state index in [0.717, 1.165) is 0 Å². The van der Waals surface area contributed by atoms with Crippen LogP contribution in [0, 0.1) is 11.3 Å². The molecule has 0 aromatic heterocycles. The maximum atomic E-state index is 12.0. The van der Waals surface area contributed by atoms with Gasteiger partial charge < -0.3 is 10.2 Å². The summed E-state index contributed by atoms with van der Waals surface area (Å²) in [5, 5.41) is 12.1. The topological polar surface area (TPSA) is 39.1 Å². The Bertz CT molecular complexity index is 267. The van der Waals surface area contributed by atoms with Gasteiger partial charge in [0.05, 0.1) is 12.5 Å². The van der Waals surface area contributed by atoms with Gasteiger partial charge >= 0.3 is 6.18 Å². The molecule has 0 radical (unpaired) electrons. The zero-order chi connectivity index (χ0) is 14.2. The Morgan fingerprint density at radius 2 is 1.83 bits per heavy atom. The highest BCUT2D eigenvalue weighted by Crippen LogP contribution is 2.20. The van der Waals surface area contributed by atoms with Crippen LogP contribution in [0.2, 0.25) is 0 Å². The van der Waals surface area contributed by atoms with Crippen LogP contribution in [0.4, 0.5) is 13.2 Å². The molecule has 0 saturated carbocycles. The van der Waals surface area contributed by atoms with Crippen molar-refractivity contribution in [2.75, 3.05) is 27.2 Å². The molecule has 1 atom stereocenters. The van der Waals surface area contributed by atoms with Gasteiger partial charge in [0.15, 0.2) is 0 Å². The zero-order valence-corrected chi connectivity index (χ0v) is 11.3. The van der Waals surface area contributed by atoms with E-state index in [-0.39, 0.29) is 6.54 Å². The van der Waals surface area contributed by atoms with Crippen LogP contribution in [0.25, 0.3) is 0 Å². The van der Waals surface area contributed by atoms with E-state index < -0.39 is 18.1 Å². The third kappa shape index (κ3) is 6.82. The van der Waals surface area contributed by atoms with Crippen LogP contribution in [0.3, 0.4) is 0 Å². The van der Waals surface area contributed by atoms with Gasteiger partial charge in [-0.2, -0.15) is 18.4 Å². The molecule has 0 aliphatic carbocycles. The fourth-order valence-electron chi connectivity index (χ4n) is 1.75. The largest absolute Gasteiger partial charge is 0.390 e. The van der Waals surface area contributed by atoms with E-state index in [9.17, 15) is 13.2 Å². The minimum Gasteiger partial charge on any atom is -0.306 e. The van der Waals surface area contributed by atoms with Crippen LogP contribution >= 0.6 is 0 Å². The van der Waals surface area contributed by atoms with E-state index >= 15 is 0 Å². The van der Waals surface area contributed by atoms with Gasteiger partial charge in [-0.05, 0) is 39.9 Å². The van der Waals surface area contributed by atoms with E-state index in [1.807, 2.05) is 6.92 Å². The second kappa shape index (κ2) is 7.59. The summed E-state index contributed by atoms with van der Waals surface area (Å²) in [6.45, 7) is 2.50. The molecular formula is C12H22F3N3. The second-order valence-electron chi connectivity index (χ2n) is 4.57. The summed E-state index contributed by atoms with van der Waals surface area (Å²) in [4.78, 5) is 1.65. The monoisotopic (exact) mass is 265 g/mol. The number of nitrogens with one attached hydrogen (secondary N) is 1. The minimum atomic E-state index is -4.10. The quantitative estimate of drug-likeness (QED) is 0.733. The van der Waals surface area contributed by atoms with Crippen LogP contribution in [0.15, 0.2) is 0 Å². The van der Waals surface area contributed by atoms with Gasteiger partial charge in [-0.15, -0.1) is 0 Å². The SMILES string of the molecule is CCC(C#N)(CCCN(C)CCC(F)(F)F)NC. The highest BCUT2D eigenvalue weighted by atomic mass is 19.4. The van der Waals surface area contributed by atoms with Gasteiger partial charge in [0, 0.05) is 6.54 Å². The highest BCUT2D eigenvalue weighted by molar-refractivity contribution is 5.05. The van der Waals surface area contributed by atoms with E-state index in [2.05, 4.69) is 11.4 Å². The number of nitrogens with zero attached hydrogens (tertiary/aromatic N) is 2. The third-order valence-electron chi connectivity index (χ3n) is 3.22. The third-order valence-corrected chi connectivity index (χ3v) is 3.22. The summed E-state index contributed by atoms with van der Waals surface area (Å²) >= 11 is 0. The van der Waals surface area contributed by atoms with Crippen molar-refractivity contribution in [2.45, 2.75) is 44.3 Å². The Morgan fingerprint density at radius 3 is 2.22 bits per heavy atom. The fraction of sp³-hybridized carbons (Fsp3) is 0.917. The van der Waals surface area contributed by atoms with Crippen molar-refractivity contribution in [3.8, 4) is 6.07 Å². The normalized spacial score (nSPS) is 15.4. The van der Waals surface area contributed by atoms with Crippen LogP contribution in [-0.2, 0) is 0 Å². The van der Waals surface area contributed by atoms with Gasteiger partial charge in [0.25, 0.3) is 0 Å². The number of hydrogen-bond donors (Lipinski definition) is 1. The molecule has 3 nitrogen and oxygen atoms in total. The predicted octanol–water partition coefficient (Wildman–Crippen LogP) is 2.54. The van der Waals surface area contributed by atoms with Gasteiger partial charge in [0.2, 0.25) is 0 Å². The lowest BCUT2D eigenvalue weighted by molar-refractivity contribution is -0.137. The summed E-state index contributed by atoms with van der Waals surface area (Å²) in [5.74, 6) is 0. The van der Waals surface area contributed by atoms with Crippen molar-refractivity contribution in [2.24, 2.45) is 0 Å². The van der Waals surface area contributed by atoms with Crippen LogP contribution in [0.5, 0.6) is 0 Å². The molecule has 0 aliphatic heterocycles. The Labute approximate surface area is 107 Å². The molecule has 6 heteroatoms. The molecule has 0 spiro atoms. The molecule has 0 fully saturated rings. The number of hydrogen-bond acceptors (Lipinski definition) is 3. The number of nitriles is 1. The first-order chi connectivity index (χ1) is 8.28. The van der Waals surface area contributed by atoms with E-state index in [0.29, 0.717) is 25.8 Å². The smallest absolute Gasteiger partial charge is 0.306 e. The molecule has 0 heterocycles. The van der Waals surface area contributed by atoms with Crippen molar-refractivity contribution >= 4 is 0 Å². The molecule has 1 N–H and O–H groups in total. The van der Waals surface area contributed by atoms with E-state index in [1.54, 1.807) is 19.0 Å². The Kier molecular flexibility index (Phi) is 7.26. The lowest BCUT2D eigenvalue weighted by atomic mass is 9.92. The Hall–Kier alpha value is -0.800. The molecule has 0 aromatic rings. The molecule has 0 saturated heterocycles. The molecular weight excluding hydrogens is 243 g/mol. The Balaban J connectivity index is 3.94. The lowest BCUT2D eigenvalue weighted by Gasteiger charge is -2.25. The molecule has 0 bridgehead atoms. The van der Waals surface area contributed by atoms with Crippen molar-refractivity contribution in [3.05, 3.63) is 0 Å². The number of alkyl halides is 3. The van der Waals surface area contributed by atoms with Gasteiger partial charge in [-0.25, -0.2) is 0 Å². The lowest BCUT2D eigenvalue weighted by Crippen LogP contribution is -2.41. The van der Waals surface area contributed by atoms with E-state index in [4.69, 9.17) is 5.26 Å². The summed E-state index contributed by atoms with van der Waals surface area (Å²) in [7, 11) is 3.41. The molecule has 18 heavy (non-hydrogen) atoms. The maximum absolute atomic E-state index is 12.0. The van der Waals surface area contributed by atoms with Crippen molar-refractivity contribution in [1.82, 2.24) is 10.2 Å². The van der Waals surface area contributed by atoms with Gasteiger partial charge in [-0.3, -0.25) is 0 Å². The first-order valence-corrected chi connectivity index (χ1v) is 6.14. The van der Waals surface area contributed by atoms with Crippen LogP contribution < -0.4 is 5.32 Å². The summed E-state index contributed by atoms with van der Waals surface area (Å²) in [5.41, 5.74) is -0.551. The average molecular weight is 265 g/mol. The highest BCUT2D eigenvalue weighted by Gasteiger charge is 2.28. The van der Waals surface area contributed by atoms with Crippen molar-refractivity contribution in [1.29, 1.82) is 5.26 Å². The number of halogens is 3. The number of rotatable bonds is 8. The minimum absolute atomic E-state index is 0.00866. The van der Waals surface area contributed by atoms with Crippen molar-refractivity contribution in [3.63, 3.8) is 0 Å². The first-order valence-electron chi connectivity index (χ1n) is 6.14. The van der Waals surface area contributed by atoms with Gasteiger partial charge in [0.1, 0.15) is 5.54 Å². The molecule has 1 unspecified atom stereocenters. The van der Waals surface area contributed by atoms with Crippen LogP contribution in [0.1, 0.15) is 32.6 Å².